The molecule has 7 heteroatoms. The van der Waals surface area contributed by atoms with Gasteiger partial charge in [-0.25, -0.2) is 0 Å². The van der Waals surface area contributed by atoms with Crippen LogP contribution in [0.5, 0.6) is 5.75 Å². The molecule has 0 bridgehead atoms. The Morgan fingerprint density at radius 2 is 2.25 bits per heavy atom. The van der Waals surface area contributed by atoms with Gasteiger partial charge in [-0.05, 0) is 18.2 Å². The number of nitrogens with zero attached hydrogens (tertiary/aromatic N) is 2. The van der Waals surface area contributed by atoms with Crippen LogP contribution in [0.15, 0.2) is 30.2 Å². The molecule has 0 spiro atoms. The Morgan fingerprint density at radius 1 is 1.50 bits per heavy atom. The number of rotatable bonds is 2. The van der Waals surface area contributed by atoms with E-state index in [1.165, 1.54) is 18.4 Å². The van der Waals surface area contributed by atoms with Gasteiger partial charge in [0.15, 0.2) is 5.82 Å². The fourth-order valence-corrected chi connectivity index (χ4v) is 1.44. The standard InChI is InChI=1S/C9H10ClN3O3/c1-15-8-3-2-6(10)4-7(8)12-5-9(11)13(14)16-12/h2-5,14H,11H2,1H3. The van der Waals surface area contributed by atoms with Crippen LogP contribution in [0, 0.1) is 0 Å². The molecule has 6 nitrogen and oxygen atoms in total. The van der Waals surface area contributed by atoms with Crippen LogP contribution in [0.4, 0.5) is 5.69 Å². The molecule has 2 rings (SSSR count). The summed E-state index contributed by atoms with van der Waals surface area (Å²) in [7, 11) is 1.52. The lowest BCUT2D eigenvalue weighted by Gasteiger charge is -2.17. The topological polar surface area (TPSA) is 71.2 Å². The maximum atomic E-state index is 9.16. The van der Waals surface area contributed by atoms with Crippen molar-refractivity contribution in [1.82, 2.24) is 5.23 Å². The van der Waals surface area contributed by atoms with Gasteiger partial charge in [-0.15, -0.1) is 4.94 Å². The van der Waals surface area contributed by atoms with Crippen LogP contribution in [0.3, 0.4) is 0 Å². The lowest BCUT2D eigenvalue weighted by Crippen LogP contribution is -2.23. The summed E-state index contributed by atoms with van der Waals surface area (Å²) in [6.07, 6.45) is 1.40. The monoisotopic (exact) mass is 243 g/mol. The van der Waals surface area contributed by atoms with Crippen LogP contribution < -0.4 is 15.5 Å². The predicted octanol–water partition coefficient (Wildman–Crippen LogP) is 1.46. The van der Waals surface area contributed by atoms with Gasteiger partial charge in [0, 0.05) is 5.02 Å². The summed E-state index contributed by atoms with van der Waals surface area (Å²) in [5, 5.41) is 11.4. The van der Waals surface area contributed by atoms with Crippen LogP contribution in [0.25, 0.3) is 0 Å². The number of halogens is 1. The molecule has 0 aromatic heterocycles. The van der Waals surface area contributed by atoms with Crippen molar-refractivity contribution in [2.24, 2.45) is 5.73 Å². The SMILES string of the molecule is COc1ccc(Cl)cc1N1C=C(N)N(O)O1. The van der Waals surface area contributed by atoms with Gasteiger partial charge in [0.05, 0.1) is 13.3 Å². The highest BCUT2D eigenvalue weighted by atomic mass is 35.5. The molecule has 0 fully saturated rings. The summed E-state index contributed by atoms with van der Waals surface area (Å²) in [4.78, 5) is 4.92. The molecule has 1 aliphatic heterocycles. The summed E-state index contributed by atoms with van der Waals surface area (Å²) < 4.78 is 5.13. The average molecular weight is 244 g/mol. The molecule has 0 saturated heterocycles. The highest BCUT2D eigenvalue weighted by Gasteiger charge is 2.23. The summed E-state index contributed by atoms with van der Waals surface area (Å²) in [6, 6.07) is 5.00. The van der Waals surface area contributed by atoms with Crippen LogP contribution in [-0.4, -0.2) is 17.5 Å². The molecule has 16 heavy (non-hydrogen) atoms. The lowest BCUT2D eigenvalue weighted by atomic mass is 10.3. The number of benzene rings is 1. The maximum absolute atomic E-state index is 9.16. The molecule has 0 saturated carbocycles. The van der Waals surface area contributed by atoms with E-state index in [-0.39, 0.29) is 5.82 Å². The summed E-state index contributed by atoms with van der Waals surface area (Å²) in [5.41, 5.74) is 5.97. The Labute approximate surface area is 96.9 Å². The van der Waals surface area contributed by atoms with E-state index in [0.717, 1.165) is 0 Å². The van der Waals surface area contributed by atoms with Gasteiger partial charge < -0.3 is 10.5 Å². The van der Waals surface area contributed by atoms with Gasteiger partial charge in [0.2, 0.25) is 0 Å². The van der Waals surface area contributed by atoms with E-state index in [9.17, 15) is 0 Å². The average Bonchev–Trinajstić information content (AvgIpc) is 2.59. The number of methoxy groups -OCH3 is 1. The van der Waals surface area contributed by atoms with Crippen molar-refractivity contribution >= 4 is 17.3 Å². The summed E-state index contributed by atoms with van der Waals surface area (Å²) in [6.45, 7) is 0. The molecular formula is C9H10ClN3O3. The third-order valence-corrected chi connectivity index (χ3v) is 2.25. The fourth-order valence-electron chi connectivity index (χ4n) is 1.27. The number of hydroxylamine groups is 3. The molecule has 3 N–H and O–H groups in total. The van der Waals surface area contributed by atoms with E-state index in [0.29, 0.717) is 21.7 Å². The molecule has 0 unspecified atom stereocenters. The van der Waals surface area contributed by atoms with Crippen LogP contribution >= 0.6 is 11.6 Å². The number of anilines is 1. The van der Waals surface area contributed by atoms with Crippen molar-refractivity contribution in [2.75, 3.05) is 12.2 Å². The second kappa shape index (κ2) is 4.09. The van der Waals surface area contributed by atoms with Gasteiger partial charge >= 0.3 is 0 Å². The first-order chi connectivity index (χ1) is 7.61. The lowest BCUT2D eigenvalue weighted by molar-refractivity contribution is -0.304. The Hall–Kier alpha value is -1.63. The Bertz CT molecular complexity index is 438. The van der Waals surface area contributed by atoms with Crippen LogP contribution in [-0.2, 0) is 4.94 Å². The molecule has 0 radical (unpaired) electrons. The minimum atomic E-state index is 0.0574. The molecule has 1 aliphatic rings. The normalized spacial score (nSPS) is 15.3. The smallest absolute Gasteiger partial charge is 0.176 e. The maximum Gasteiger partial charge on any atom is 0.176 e. The molecule has 1 aromatic rings. The van der Waals surface area contributed by atoms with Gasteiger partial charge in [0.1, 0.15) is 11.4 Å². The zero-order chi connectivity index (χ0) is 11.7. The molecule has 0 aliphatic carbocycles. The van der Waals surface area contributed by atoms with Crippen LogP contribution in [0.1, 0.15) is 0 Å². The minimum Gasteiger partial charge on any atom is -0.494 e. The van der Waals surface area contributed by atoms with E-state index in [1.807, 2.05) is 0 Å². The van der Waals surface area contributed by atoms with Gasteiger partial charge in [-0.2, -0.15) is 5.06 Å². The Morgan fingerprint density at radius 3 is 2.81 bits per heavy atom. The third-order valence-electron chi connectivity index (χ3n) is 2.01. The molecule has 1 aromatic carbocycles. The first-order valence-corrected chi connectivity index (χ1v) is 4.77. The second-order valence-corrected chi connectivity index (χ2v) is 3.49. The summed E-state index contributed by atoms with van der Waals surface area (Å²) in [5.74, 6) is 0.603. The van der Waals surface area contributed by atoms with Gasteiger partial charge in [-0.1, -0.05) is 16.8 Å². The van der Waals surface area contributed by atoms with Gasteiger partial charge in [-0.3, -0.25) is 5.21 Å². The summed E-state index contributed by atoms with van der Waals surface area (Å²) >= 11 is 5.86. The van der Waals surface area contributed by atoms with Crippen molar-refractivity contribution in [3.63, 3.8) is 0 Å². The van der Waals surface area contributed by atoms with E-state index in [1.54, 1.807) is 18.2 Å². The third kappa shape index (κ3) is 1.85. The minimum absolute atomic E-state index is 0.0574. The quantitative estimate of drug-likeness (QED) is 0.820. The number of hydrogen-bond donors (Lipinski definition) is 2. The Kier molecular flexibility index (Phi) is 2.78. The van der Waals surface area contributed by atoms with Gasteiger partial charge in [0.25, 0.3) is 0 Å². The molecular weight excluding hydrogens is 234 g/mol. The first-order valence-electron chi connectivity index (χ1n) is 4.39. The molecule has 0 amide bonds. The second-order valence-electron chi connectivity index (χ2n) is 3.05. The zero-order valence-corrected chi connectivity index (χ0v) is 9.18. The number of ether oxygens (including phenoxy) is 1. The van der Waals surface area contributed by atoms with E-state index >= 15 is 0 Å². The van der Waals surface area contributed by atoms with Crippen molar-refractivity contribution in [3.8, 4) is 5.75 Å². The van der Waals surface area contributed by atoms with Crippen LogP contribution in [0.2, 0.25) is 5.02 Å². The predicted molar refractivity (Wildman–Crippen MR) is 57.5 cm³/mol. The van der Waals surface area contributed by atoms with E-state index < -0.39 is 0 Å². The first kappa shape index (κ1) is 10.9. The molecule has 86 valence electrons. The Balaban J connectivity index is 2.37. The van der Waals surface area contributed by atoms with E-state index in [4.69, 9.17) is 32.2 Å². The molecule has 0 atom stereocenters. The highest BCUT2D eigenvalue weighted by Crippen LogP contribution is 2.33. The largest absolute Gasteiger partial charge is 0.494 e. The van der Waals surface area contributed by atoms with Crippen molar-refractivity contribution < 1.29 is 14.9 Å². The fraction of sp³-hybridized carbons (Fsp3) is 0.111. The highest BCUT2D eigenvalue weighted by molar-refractivity contribution is 6.30. The van der Waals surface area contributed by atoms with Crippen molar-refractivity contribution in [3.05, 3.63) is 35.2 Å². The van der Waals surface area contributed by atoms with E-state index in [2.05, 4.69) is 0 Å². The zero-order valence-electron chi connectivity index (χ0n) is 8.42. The van der Waals surface area contributed by atoms with Crippen molar-refractivity contribution in [2.45, 2.75) is 0 Å². The van der Waals surface area contributed by atoms with Crippen molar-refractivity contribution in [1.29, 1.82) is 0 Å². The number of nitrogens with two attached hydrogens (primary N) is 1. The number of hydrogen-bond acceptors (Lipinski definition) is 6. The molecule has 1 heterocycles.